The van der Waals surface area contributed by atoms with E-state index >= 15 is 0 Å². The predicted molar refractivity (Wildman–Crippen MR) is 160 cm³/mol. The molecule has 1 aliphatic carbocycles. The van der Waals surface area contributed by atoms with E-state index in [0.29, 0.717) is 17.5 Å². The van der Waals surface area contributed by atoms with Crippen LogP contribution in [0.1, 0.15) is 39.5 Å². The van der Waals surface area contributed by atoms with Crippen LogP contribution in [-0.4, -0.2) is 38.6 Å². The Morgan fingerprint density at radius 1 is 0.800 bits per heavy atom. The van der Waals surface area contributed by atoms with Crippen molar-refractivity contribution in [2.24, 2.45) is 0 Å². The average Bonchev–Trinajstić information content (AvgIpc) is 2.96. The Hall–Kier alpha value is -4.06. The molecule has 0 N–H and O–H groups in total. The van der Waals surface area contributed by atoms with Crippen molar-refractivity contribution in [3.05, 3.63) is 130 Å². The van der Waals surface area contributed by atoms with Gasteiger partial charge in [0.25, 0.3) is 0 Å². The summed E-state index contributed by atoms with van der Waals surface area (Å²) in [4.78, 5) is 15.6. The molecule has 0 aliphatic heterocycles. The quantitative estimate of drug-likeness (QED) is 0.136. The SMILES string of the molecule is CCc1ccc2c(c1)C(S(=O)(=O)Oc1c(C)cc([Se+](c3ccccc3)c3ccccc3)cc1C)=CC(=[N+]=[N-])C2=O. The van der Waals surface area contributed by atoms with E-state index in [1.165, 1.54) is 8.92 Å². The molecule has 5 rings (SSSR count). The molecule has 0 saturated heterocycles. The summed E-state index contributed by atoms with van der Waals surface area (Å²) in [6.07, 6.45) is 1.73. The Bertz CT molecular complexity index is 1750. The second-order valence-corrected chi connectivity index (χ2v) is 15.2. The first-order valence-electron chi connectivity index (χ1n) is 12.8. The van der Waals surface area contributed by atoms with Gasteiger partial charge in [-0.05, 0) is 0 Å². The molecule has 0 saturated carbocycles. The molecule has 40 heavy (non-hydrogen) atoms. The molecule has 8 heteroatoms. The summed E-state index contributed by atoms with van der Waals surface area (Å²) in [6.45, 7) is 5.61. The number of ketones is 1. The van der Waals surface area contributed by atoms with Crippen molar-refractivity contribution in [2.45, 2.75) is 27.2 Å². The number of hydrogen-bond donors (Lipinski definition) is 0. The van der Waals surface area contributed by atoms with Crippen LogP contribution in [0, 0.1) is 13.8 Å². The van der Waals surface area contributed by atoms with Crippen molar-refractivity contribution in [3.8, 4) is 5.75 Å². The standard InChI is InChI=1S/C32H27N2O4SSe/c1-4-23-15-16-27-28(19-23)30(20-29(34-33)31(27)35)39(36,37)38-32-21(2)17-26(18-22(32)3)40(24-11-7-5-8-12-24)25-13-9-6-10-14-25/h5-20H,4H2,1-3H3/q+1. The number of hydrogen-bond acceptors (Lipinski definition) is 4. The maximum atomic E-state index is 13.7. The number of aryl methyl sites for hydroxylation is 3. The van der Waals surface area contributed by atoms with Gasteiger partial charge in [-0.3, -0.25) is 0 Å². The number of nitrogens with zero attached hydrogens (tertiary/aromatic N) is 2. The molecule has 0 heterocycles. The third-order valence-electron chi connectivity index (χ3n) is 6.70. The predicted octanol–water partition coefficient (Wildman–Crippen LogP) is 4.00. The molecule has 0 aromatic heterocycles. The second kappa shape index (κ2) is 11.2. The van der Waals surface area contributed by atoms with Gasteiger partial charge in [0, 0.05) is 0 Å². The summed E-state index contributed by atoms with van der Waals surface area (Å²) in [5, 5.41) is 0. The monoisotopic (exact) mass is 615 g/mol. The Morgan fingerprint density at radius 2 is 1.38 bits per heavy atom. The Labute approximate surface area is 238 Å². The molecular weight excluding hydrogens is 587 g/mol. The van der Waals surface area contributed by atoms with Crippen LogP contribution in [0.5, 0.6) is 5.75 Å². The molecule has 200 valence electrons. The van der Waals surface area contributed by atoms with Gasteiger partial charge in [0.15, 0.2) is 0 Å². The number of Topliss-reactive ketones (excluding diaryl/α,β-unsaturated/α-hetero) is 1. The fourth-order valence-corrected chi connectivity index (χ4v) is 10.8. The fraction of sp³-hybridized carbons (Fsp3) is 0.125. The fourth-order valence-electron chi connectivity index (χ4n) is 4.74. The molecule has 0 bridgehead atoms. The normalized spacial score (nSPS) is 13.1. The first kappa shape index (κ1) is 27.5. The van der Waals surface area contributed by atoms with E-state index < -0.39 is 29.8 Å². The molecule has 0 fully saturated rings. The molecule has 0 unspecified atom stereocenters. The van der Waals surface area contributed by atoms with Gasteiger partial charge >= 0.3 is 239 Å². The number of benzene rings is 4. The number of carbonyl (C=O) groups excluding carboxylic acids is 1. The van der Waals surface area contributed by atoms with Gasteiger partial charge in [-0.2, -0.15) is 0 Å². The molecule has 4 aromatic carbocycles. The van der Waals surface area contributed by atoms with Gasteiger partial charge < -0.3 is 0 Å². The average molecular weight is 615 g/mol. The number of rotatable bonds is 7. The van der Waals surface area contributed by atoms with Gasteiger partial charge in [0.05, 0.1) is 0 Å². The van der Waals surface area contributed by atoms with E-state index in [1.807, 2.05) is 69.3 Å². The zero-order valence-electron chi connectivity index (χ0n) is 22.3. The number of allylic oxidation sites excluding steroid dienone is 1. The van der Waals surface area contributed by atoms with Crippen molar-refractivity contribution >= 4 is 53.8 Å². The molecule has 0 atom stereocenters. The first-order chi connectivity index (χ1) is 19.2. The van der Waals surface area contributed by atoms with E-state index in [4.69, 9.17) is 4.18 Å². The third-order valence-corrected chi connectivity index (χ3v) is 12.6. The van der Waals surface area contributed by atoms with Gasteiger partial charge in [-0.1, -0.05) is 0 Å². The van der Waals surface area contributed by atoms with Crippen LogP contribution in [-0.2, 0) is 16.5 Å². The van der Waals surface area contributed by atoms with Crippen LogP contribution in [0.25, 0.3) is 10.4 Å². The number of carbonyl (C=O) groups is 1. The van der Waals surface area contributed by atoms with Crippen LogP contribution in [0.4, 0.5) is 0 Å². The van der Waals surface area contributed by atoms with Gasteiger partial charge in [-0.15, -0.1) is 0 Å². The first-order valence-corrected chi connectivity index (χ1v) is 16.7. The van der Waals surface area contributed by atoms with Gasteiger partial charge in [0.1, 0.15) is 0 Å². The van der Waals surface area contributed by atoms with Crippen molar-refractivity contribution in [1.29, 1.82) is 0 Å². The second-order valence-electron chi connectivity index (χ2n) is 9.41. The Morgan fingerprint density at radius 3 is 1.90 bits per heavy atom. The molecule has 0 radical (unpaired) electrons. The van der Waals surface area contributed by atoms with Crippen LogP contribution < -0.4 is 17.6 Å². The Kier molecular flexibility index (Phi) is 7.70. The van der Waals surface area contributed by atoms with E-state index in [-0.39, 0.29) is 27.5 Å². The van der Waals surface area contributed by atoms with Gasteiger partial charge in [0.2, 0.25) is 0 Å². The topological polar surface area (TPSA) is 96.8 Å². The van der Waals surface area contributed by atoms with E-state index in [2.05, 4.69) is 29.1 Å². The van der Waals surface area contributed by atoms with Crippen LogP contribution >= 0.6 is 0 Å². The Balaban J connectivity index is 1.58. The van der Waals surface area contributed by atoms with Crippen molar-refractivity contribution < 1.29 is 22.2 Å². The summed E-state index contributed by atoms with van der Waals surface area (Å²) in [5.74, 6) is -0.308. The van der Waals surface area contributed by atoms with E-state index in [9.17, 15) is 18.7 Å². The molecular formula is C32H27N2O4SSe+. The summed E-state index contributed by atoms with van der Waals surface area (Å²) in [5.41, 5.74) is 11.7. The summed E-state index contributed by atoms with van der Waals surface area (Å²) in [7, 11) is -4.40. The molecule has 4 aromatic rings. The van der Waals surface area contributed by atoms with E-state index in [1.54, 1.807) is 18.2 Å². The van der Waals surface area contributed by atoms with Crippen LogP contribution in [0.2, 0.25) is 0 Å². The molecule has 0 spiro atoms. The molecule has 0 amide bonds. The molecule has 1 aliphatic rings. The third kappa shape index (κ3) is 5.23. The maximum absolute atomic E-state index is 13.7. The van der Waals surface area contributed by atoms with Crippen molar-refractivity contribution in [2.75, 3.05) is 0 Å². The molecule has 6 nitrogen and oxygen atoms in total. The number of fused-ring (bicyclic) bond motifs is 1. The van der Waals surface area contributed by atoms with Crippen LogP contribution in [0.15, 0.2) is 97.1 Å². The van der Waals surface area contributed by atoms with Crippen molar-refractivity contribution in [3.63, 3.8) is 0 Å². The zero-order valence-corrected chi connectivity index (χ0v) is 24.8. The van der Waals surface area contributed by atoms with Crippen molar-refractivity contribution in [1.82, 2.24) is 0 Å². The van der Waals surface area contributed by atoms with E-state index in [0.717, 1.165) is 16.1 Å². The summed E-state index contributed by atoms with van der Waals surface area (Å²) < 4.78 is 36.8. The van der Waals surface area contributed by atoms with Crippen LogP contribution in [0.3, 0.4) is 0 Å². The summed E-state index contributed by atoms with van der Waals surface area (Å²) >= 11 is -1.66. The van der Waals surface area contributed by atoms with Gasteiger partial charge in [-0.25, -0.2) is 0 Å². The minimum atomic E-state index is -4.40. The minimum absolute atomic E-state index is 0.150. The zero-order chi connectivity index (χ0) is 28.4. The summed E-state index contributed by atoms with van der Waals surface area (Å²) in [6, 6.07) is 29.7.